The van der Waals surface area contributed by atoms with Crippen LogP contribution in [-0.2, 0) is 6.42 Å². The van der Waals surface area contributed by atoms with Crippen LogP contribution in [-0.4, -0.2) is 36.0 Å². The van der Waals surface area contributed by atoms with Gasteiger partial charge in [0.25, 0.3) is 5.91 Å². The zero-order valence-corrected chi connectivity index (χ0v) is 18.1. The molecule has 1 aliphatic heterocycles. The molecular weight excluding hydrogens is 386 g/mol. The molecule has 2 saturated carbocycles. The lowest BCUT2D eigenvalue weighted by Gasteiger charge is -2.34. The first-order valence-corrected chi connectivity index (χ1v) is 11.8. The molecule has 162 valence electrons. The lowest BCUT2D eigenvalue weighted by molar-refractivity contribution is 0.0989. The Morgan fingerprint density at radius 1 is 0.968 bits per heavy atom. The van der Waals surface area contributed by atoms with E-state index in [0.717, 1.165) is 31.5 Å². The molecule has 2 fully saturated rings. The normalized spacial score (nSPS) is 18.5. The fourth-order valence-corrected chi connectivity index (χ4v) is 5.00. The number of rotatable bonds is 5. The van der Waals surface area contributed by atoms with Crippen molar-refractivity contribution in [1.29, 1.82) is 0 Å². The van der Waals surface area contributed by atoms with E-state index in [1.807, 2.05) is 47.4 Å². The van der Waals surface area contributed by atoms with Crippen LogP contribution in [0.15, 0.2) is 48.5 Å². The second-order valence-electron chi connectivity index (χ2n) is 9.23. The first-order valence-electron chi connectivity index (χ1n) is 11.8. The number of nitrogens with zero attached hydrogens (tertiary/aromatic N) is 2. The van der Waals surface area contributed by atoms with E-state index in [9.17, 15) is 9.59 Å². The molecule has 5 nitrogen and oxygen atoms in total. The Balaban J connectivity index is 1.30. The monoisotopic (exact) mass is 417 g/mol. The Morgan fingerprint density at radius 3 is 2.58 bits per heavy atom. The molecule has 0 spiro atoms. The van der Waals surface area contributed by atoms with Crippen molar-refractivity contribution in [2.24, 2.45) is 5.92 Å². The van der Waals surface area contributed by atoms with Crippen LogP contribution >= 0.6 is 0 Å². The summed E-state index contributed by atoms with van der Waals surface area (Å²) in [6.45, 7) is 1.56. The van der Waals surface area contributed by atoms with E-state index in [0.29, 0.717) is 29.8 Å². The van der Waals surface area contributed by atoms with Crippen molar-refractivity contribution in [2.75, 3.05) is 23.3 Å². The van der Waals surface area contributed by atoms with E-state index in [-0.39, 0.29) is 11.9 Å². The van der Waals surface area contributed by atoms with Crippen LogP contribution in [0.1, 0.15) is 60.9 Å². The third-order valence-corrected chi connectivity index (χ3v) is 6.92. The molecule has 31 heavy (non-hydrogen) atoms. The Kier molecular flexibility index (Phi) is 5.66. The third-order valence-electron chi connectivity index (χ3n) is 6.92. The van der Waals surface area contributed by atoms with Crippen LogP contribution in [0.25, 0.3) is 0 Å². The highest BCUT2D eigenvalue weighted by molar-refractivity contribution is 6.08. The summed E-state index contributed by atoms with van der Waals surface area (Å²) < 4.78 is 0. The summed E-state index contributed by atoms with van der Waals surface area (Å²) in [5.74, 6) is 0.652. The van der Waals surface area contributed by atoms with Crippen LogP contribution in [0.3, 0.4) is 0 Å². The number of nitrogens with one attached hydrogen (secondary N) is 1. The van der Waals surface area contributed by atoms with Gasteiger partial charge in [-0.1, -0.05) is 43.5 Å². The Labute approximate surface area is 184 Å². The van der Waals surface area contributed by atoms with Crippen molar-refractivity contribution < 1.29 is 9.59 Å². The van der Waals surface area contributed by atoms with Gasteiger partial charge < -0.3 is 15.1 Å². The maximum absolute atomic E-state index is 13.2. The molecule has 0 bridgehead atoms. The molecule has 3 amide bonds. The summed E-state index contributed by atoms with van der Waals surface area (Å²) in [5.41, 5.74) is 3.51. The van der Waals surface area contributed by atoms with Gasteiger partial charge in [-0.05, 0) is 67.9 Å². The van der Waals surface area contributed by atoms with E-state index in [1.165, 1.54) is 37.7 Å². The quantitative estimate of drug-likeness (QED) is 0.702. The van der Waals surface area contributed by atoms with Gasteiger partial charge >= 0.3 is 6.03 Å². The van der Waals surface area contributed by atoms with Gasteiger partial charge in [-0.3, -0.25) is 4.79 Å². The molecule has 5 rings (SSSR count). The standard InChI is InChI=1S/C26H31N3O2/c30-25(28-16-15-20-7-4-5-12-24(20)28)21-8-6-9-22(17-21)27-26(31)29(18-19-13-14-19)23-10-2-1-3-11-23/h4-9,12,17,19,23H,1-3,10-11,13-16,18H2,(H,27,31). The lowest BCUT2D eigenvalue weighted by atomic mass is 9.94. The van der Waals surface area contributed by atoms with Crippen LogP contribution in [0.4, 0.5) is 16.2 Å². The zero-order valence-electron chi connectivity index (χ0n) is 18.1. The molecule has 2 aliphatic carbocycles. The molecular formula is C26H31N3O2. The summed E-state index contributed by atoms with van der Waals surface area (Å²) in [4.78, 5) is 30.3. The number of carbonyl (C=O) groups is 2. The van der Waals surface area contributed by atoms with Crippen molar-refractivity contribution in [3.8, 4) is 0 Å². The number of urea groups is 1. The number of anilines is 2. The van der Waals surface area contributed by atoms with E-state index in [1.54, 1.807) is 0 Å². The minimum absolute atomic E-state index is 0.0110. The van der Waals surface area contributed by atoms with Gasteiger partial charge in [0, 0.05) is 36.1 Å². The van der Waals surface area contributed by atoms with Gasteiger partial charge in [-0.2, -0.15) is 0 Å². The first kappa shape index (κ1) is 20.1. The van der Waals surface area contributed by atoms with Crippen molar-refractivity contribution >= 4 is 23.3 Å². The van der Waals surface area contributed by atoms with Crippen LogP contribution < -0.4 is 10.2 Å². The topological polar surface area (TPSA) is 52.7 Å². The average molecular weight is 418 g/mol. The summed E-state index contributed by atoms with van der Waals surface area (Å²) in [6, 6.07) is 15.8. The molecule has 1 heterocycles. The fraction of sp³-hybridized carbons (Fsp3) is 0.462. The highest BCUT2D eigenvalue weighted by Gasteiger charge is 2.32. The van der Waals surface area contributed by atoms with Crippen LogP contribution in [0.5, 0.6) is 0 Å². The number of fused-ring (bicyclic) bond motifs is 1. The second kappa shape index (κ2) is 8.74. The summed E-state index contributed by atoms with van der Waals surface area (Å²) in [7, 11) is 0. The minimum Gasteiger partial charge on any atom is -0.321 e. The molecule has 5 heteroatoms. The second-order valence-corrected chi connectivity index (χ2v) is 9.23. The van der Waals surface area contributed by atoms with Gasteiger partial charge in [0.05, 0.1) is 0 Å². The lowest BCUT2D eigenvalue weighted by Crippen LogP contribution is -2.45. The smallest absolute Gasteiger partial charge is 0.321 e. The highest BCUT2D eigenvalue weighted by atomic mass is 16.2. The fourth-order valence-electron chi connectivity index (χ4n) is 5.00. The minimum atomic E-state index is -0.0186. The number of para-hydroxylation sites is 1. The van der Waals surface area contributed by atoms with Gasteiger partial charge in [0.15, 0.2) is 0 Å². The molecule has 0 atom stereocenters. The summed E-state index contributed by atoms with van der Waals surface area (Å²) in [6.07, 6.45) is 9.26. The number of benzene rings is 2. The number of hydrogen-bond acceptors (Lipinski definition) is 2. The van der Waals surface area contributed by atoms with Gasteiger partial charge in [0.2, 0.25) is 0 Å². The van der Waals surface area contributed by atoms with Crippen molar-refractivity contribution in [2.45, 2.75) is 57.4 Å². The zero-order chi connectivity index (χ0) is 21.2. The first-order chi connectivity index (χ1) is 15.2. The molecule has 3 aliphatic rings. The third kappa shape index (κ3) is 4.46. The SMILES string of the molecule is O=C(c1cccc(NC(=O)N(CC2CC2)C2CCCCC2)c1)N1CCc2ccccc21. The van der Waals surface area contributed by atoms with E-state index in [4.69, 9.17) is 0 Å². The highest BCUT2D eigenvalue weighted by Crippen LogP contribution is 2.33. The Morgan fingerprint density at radius 2 is 1.77 bits per heavy atom. The van der Waals surface area contributed by atoms with Crippen molar-refractivity contribution in [3.05, 3.63) is 59.7 Å². The van der Waals surface area contributed by atoms with Gasteiger partial charge in [-0.25, -0.2) is 4.79 Å². The summed E-state index contributed by atoms with van der Waals surface area (Å²) in [5, 5.41) is 3.09. The van der Waals surface area contributed by atoms with Gasteiger partial charge in [-0.15, -0.1) is 0 Å². The van der Waals surface area contributed by atoms with E-state index < -0.39 is 0 Å². The Bertz CT molecular complexity index is 963. The van der Waals surface area contributed by atoms with Crippen molar-refractivity contribution in [1.82, 2.24) is 4.90 Å². The number of hydrogen-bond donors (Lipinski definition) is 1. The number of carbonyl (C=O) groups excluding carboxylic acids is 2. The average Bonchev–Trinajstić information content (AvgIpc) is 3.53. The molecule has 0 aromatic heterocycles. The molecule has 0 saturated heterocycles. The maximum Gasteiger partial charge on any atom is 0.322 e. The number of amides is 3. The molecule has 2 aromatic rings. The largest absolute Gasteiger partial charge is 0.322 e. The molecule has 0 radical (unpaired) electrons. The molecule has 0 unspecified atom stereocenters. The van der Waals surface area contributed by atoms with E-state index >= 15 is 0 Å². The predicted octanol–water partition coefficient (Wildman–Crippen LogP) is 5.47. The Hall–Kier alpha value is -2.82. The van der Waals surface area contributed by atoms with E-state index in [2.05, 4.69) is 16.3 Å². The maximum atomic E-state index is 13.2. The van der Waals surface area contributed by atoms with Crippen LogP contribution in [0.2, 0.25) is 0 Å². The molecule has 1 N–H and O–H groups in total. The van der Waals surface area contributed by atoms with Crippen LogP contribution in [0, 0.1) is 5.92 Å². The molecule has 2 aromatic carbocycles. The predicted molar refractivity (Wildman–Crippen MR) is 124 cm³/mol. The van der Waals surface area contributed by atoms with Crippen molar-refractivity contribution in [3.63, 3.8) is 0 Å². The summed E-state index contributed by atoms with van der Waals surface area (Å²) >= 11 is 0. The van der Waals surface area contributed by atoms with Gasteiger partial charge in [0.1, 0.15) is 0 Å².